The number of aliphatic hydroxyl groups is 4. The summed E-state index contributed by atoms with van der Waals surface area (Å²) in [7, 11) is 0. The van der Waals surface area contributed by atoms with Gasteiger partial charge in [0, 0.05) is 5.56 Å². The first-order valence-corrected chi connectivity index (χ1v) is 5.60. The van der Waals surface area contributed by atoms with E-state index in [1.54, 1.807) is 30.3 Å². The molecule has 3 atom stereocenters. The Morgan fingerprint density at radius 3 is 2.47 bits per heavy atom. The Labute approximate surface area is 109 Å². The predicted octanol–water partition coefficient (Wildman–Crippen LogP) is -1.52. The topological polar surface area (TPSA) is 122 Å². The van der Waals surface area contributed by atoms with Gasteiger partial charge >= 0.3 is 0 Å². The Bertz CT molecular complexity index is 423. The molecule has 0 spiro atoms. The van der Waals surface area contributed by atoms with Gasteiger partial charge in [-0.25, -0.2) is 5.43 Å². The molecular weight excluding hydrogens is 252 g/mol. The third-order valence-electron chi connectivity index (χ3n) is 2.36. The van der Waals surface area contributed by atoms with Crippen LogP contribution in [0.1, 0.15) is 10.4 Å². The van der Waals surface area contributed by atoms with Gasteiger partial charge in [0.15, 0.2) is 0 Å². The summed E-state index contributed by atoms with van der Waals surface area (Å²) in [5.74, 6) is -0.471. The maximum absolute atomic E-state index is 11.5. The fourth-order valence-electron chi connectivity index (χ4n) is 1.25. The van der Waals surface area contributed by atoms with Crippen molar-refractivity contribution in [3.8, 4) is 0 Å². The fraction of sp³-hybridized carbons (Fsp3) is 0.333. The molecule has 7 heteroatoms. The summed E-state index contributed by atoms with van der Waals surface area (Å²) in [5.41, 5.74) is 2.55. The number of carbonyl (C=O) groups excluding carboxylic acids is 1. The minimum absolute atomic E-state index is 0.394. The quantitative estimate of drug-likeness (QED) is 0.317. The maximum Gasteiger partial charge on any atom is 0.271 e. The number of carbonyl (C=O) groups is 1. The molecule has 0 saturated carbocycles. The van der Waals surface area contributed by atoms with Crippen molar-refractivity contribution in [3.63, 3.8) is 0 Å². The number of nitrogens with zero attached hydrogens (tertiary/aromatic N) is 1. The Kier molecular flexibility index (Phi) is 6.10. The summed E-state index contributed by atoms with van der Waals surface area (Å²) >= 11 is 0. The van der Waals surface area contributed by atoms with Crippen LogP contribution in [0.3, 0.4) is 0 Å². The van der Waals surface area contributed by atoms with E-state index in [1.807, 2.05) is 0 Å². The van der Waals surface area contributed by atoms with Crippen molar-refractivity contribution in [2.45, 2.75) is 18.3 Å². The number of amides is 1. The molecule has 0 saturated heterocycles. The van der Waals surface area contributed by atoms with Crippen molar-refractivity contribution in [3.05, 3.63) is 35.9 Å². The van der Waals surface area contributed by atoms with Gasteiger partial charge in [0.25, 0.3) is 5.91 Å². The molecule has 0 aliphatic heterocycles. The number of aliphatic hydroxyl groups excluding tert-OH is 4. The molecule has 0 aromatic heterocycles. The third-order valence-corrected chi connectivity index (χ3v) is 2.36. The molecule has 1 aromatic rings. The molecule has 0 aliphatic rings. The molecule has 0 radical (unpaired) electrons. The standard InChI is InChI=1S/C12H16N2O5/c15-7-10(17)11(18)9(16)6-13-14-12(19)8-4-2-1-3-5-8/h1-6,9-11,15-18H,7H2,(H,14,19). The van der Waals surface area contributed by atoms with Crippen molar-refractivity contribution >= 4 is 12.1 Å². The van der Waals surface area contributed by atoms with Crippen molar-refractivity contribution in [1.29, 1.82) is 0 Å². The summed E-state index contributed by atoms with van der Waals surface area (Å²) < 4.78 is 0. The molecule has 0 aliphatic carbocycles. The number of nitrogens with one attached hydrogen (secondary N) is 1. The second-order valence-electron chi connectivity index (χ2n) is 3.82. The molecule has 1 rings (SSSR count). The minimum Gasteiger partial charge on any atom is -0.394 e. The molecule has 7 nitrogen and oxygen atoms in total. The number of benzene rings is 1. The van der Waals surface area contributed by atoms with Crippen LogP contribution >= 0.6 is 0 Å². The van der Waals surface area contributed by atoms with Gasteiger partial charge in [-0.1, -0.05) is 18.2 Å². The monoisotopic (exact) mass is 268 g/mol. The Morgan fingerprint density at radius 1 is 1.26 bits per heavy atom. The molecule has 1 aromatic carbocycles. The average molecular weight is 268 g/mol. The lowest BCUT2D eigenvalue weighted by atomic mass is 10.1. The van der Waals surface area contributed by atoms with Crippen LogP contribution in [0.4, 0.5) is 0 Å². The zero-order chi connectivity index (χ0) is 14.3. The normalized spacial score (nSPS) is 16.0. The number of hydrazone groups is 1. The summed E-state index contributed by atoms with van der Waals surface area (Å²) in [4.78, 5) is 11.5. The van der Waals surface area contributed by atoms with Crippen molar-refractivity contribution < 1.29 is 25.2 Å². The number of hydrogen-bond acceptors (Lipinski definition) is 6. The summed E-state index contributed by atoms with van der Waals surface area (Å²) in [6, 6.07) is 8.32. The zero-order valence-corrected chi connectivity index (χ0v) is 10.0. The second kappa shape index (κ2) is 7.59. The van der Waals surface area contributed by atoms with Crippen LogP contribution < -0.4 is 5.43 Å². The summed E-state index contributed by atoms with van der Waals surface area (Å²) in [5, 5.41) is 39.8. The van der Waals surface area contributed by atoms with Gasteiger partial charge in [-0.05, 0) is 12.1 Å². The van der Waals surface area contributed by atoms with Gasteiger partial charge in [-0.2, -0.15) is 5.10 Å². The molecule has 104 valence electrons. The first-order chi connectivity index (χ1) is 9.06. The van der Waals surface area contributed by atoms with Crippen LogP contribution in [0, 0.1) is 0 Å². The van der Waals surface area contributed by atoms with Gasteiger partial charge in [0.2, 0.25) is 0 Å². The summed E-state index contributed by atoms with van der Waals surface area (Å²) in [6.07, 6.45) is -3.70. The Balaban J connectivity index is 2.48. The first-order valence-electron chi connectivity index (χ1n) is 5.60. The van der Waals surface area contributed by atoms with E-state index in [1.165, 1.54) is 0 Å². The van der Waals surface area contributed by atoms with E-state index in [2.05, 4.69) is 10.5 Å². The number of hydrogen-bond donors (Lipinski definition) is 5. The van der Waals surface area contributed by atoms with Gasteiger partial charge in [0.1, 0.15) is 18.3 Å². The van der Waals surface area contributed by atoms with Gasteiger partial charge in [0.05, 0.1) is 12.8 Å². The van der Waals surface area contributed by atoms with Crippen molar-refractivity contribution in [2.75, 3.05) is 6.61 Å². The van der Waals surface area contributed by atoms with Crippen LogP contribution in [0.25, 0.3) is 0 Å². The largest absolute Gasteiger partial charge is 0.394 e. The second-order valence-corrected chi connectivity index (χ2v) is 3.82. The van der Waals surface area contributed by atoms with Crippen molar-refractivity contribution in [1.82, 2.24) is 5.43 Å². The smallest absolute Gasteiger partial charge is 0.271 e. The lowest BCUT2D eigenvalue weighted by Crippen LogP contribution is -2.40. The average Bonchev–Trinajstić information content (AvgIpc) is 2.46. The first kappa shape index (κ1) is 15.3. The minimum atomic E-state index is -1.58. The van der Waals surface area contributed by atoms with Gasteiger partial charge in [-0.3, -0.25) is 4.79 Å². The lowest BCUT2D eigenvalue weighted by Gasteiger charge is -2.17. The molecule has 1 amide bonds. The molecular formula is C12H16N2O5. The summed E-state index contributed by atoms with van der Waals surface area (Å²) in [6.45, 7) is -0.692. The number of rotatable bonds is 6. The lowest BCUT2D eigenvalue weighted by molar-refractivity contribution is -0.0542. The molecule has 5 N–H and O–H groups in total. The van der Waals surface area contributed by atoms with E-state index in [0.717, 1.165) is 6.21 Å². The van der Waals surface area contributed by atoms with Crippen LogP contribution in [-0.2, 0) is 0 Å². The maximum atomic E-state index is 11.5. The van der Waals surface area contributed by atoms with E-state index in [0.29, 0.717) is 5.56 Å². The van der Waals surface area contributed by atoms with E-state index in [4.69, 9.17) is 10.2 Å². The highest BCUT2D eigenvalue weighted by atomic mass is 16.4. The third kappa shape index (κ3) is 4.76. The van der Waals surface area contributed by atoms with E-state index >= 15 is 0 Å². The van der Waals surface area contributed by atoms with Gasteiger partial charge < -0.3 is 20.4 Å². The molecule has 19 heavy (non-hydrogen) atoms. The van der Waals surface area contributed by atoms with Crippen molar-refractivity contribution in [2.24, 2.45) is 5.10 Å². The molecule has 0 heterocycles. The highest BCUT2D eigenvalue weighted by Crippen LogP contribution is 1.99. The van der Waals surface area contributed by atoms with Crippen LogP contribution in [0.5, 0.6) is 0 Å². The zero-order valence-electron chi connectivity index (χ0n) is 10.0. The predicted molar refractivity (Wildman–Crippen MR) is 67.5 cm³/mol. The van der Waals surface area contributed by atoms with Crippen LogP contribution in [-0.4, -0.2) is 57.5 Å². The van der Waals surface area contributed by atoms with E-state index in [-0.39, 0.29) is 0 Å². The Morgan fingerprint density at radius 2 is 1.89 bits per heavy atom. The van der Waals surface area contributed by atoms with E-state index in [9.17, 15) is 15.0 Å². The highest BCUT2D eigenvalue weighted by Gasteiger charge is 2.22. The SMILES string of the molecule is O=C(NN=CC(O)C(O)C(O)CO)c1ccccc1. The Hall–Kier alpha value is -1.80. The van der Waals surface area contributed by atoms with Gasteiger partial charge in [-0.15, -0.1) is 0 Å². The molecule has 3 unspecified atom stereocenters. The highest BCUT2D eigenvalue weighted by molar-refractivity contribution is 5.94. The molecule has 0 fully saturated rings. The van der Waals surface area contributed by atoms with E-state index < -0.39 is 30.8 Å². The van der Waals surface area contributed by atoms with Crippen LogP contribution in [0.2, 0.25) is 0 Å². The van der Waals surface area contributed by atoms with Crippen LogP contribution in [0.15, 0.2) is 35.4 Å². The fourth-order valence-corrected chi connectivity index (χ4v) is 1.25. The molecule has 0 bridgehead atoms.